The topological polar surface area (TPSA) is 53.2 Å². The van der Waals surface area contributed by atoms with E-state index in [0.717, 1.165) is 39.3 Å². The summed E-state index contributed by atoms with van der Waals surface area (Å²) in [4.78, 5) is 29.6. The van der Waals surface area contributed by atoms with E-state index in [0.29, 0.717) is 15.6 Å². The molecule has 0 aliphatic carbocycles. The van der Waals surface area contributed by atoms with Crippen molar-refractivity contribution in [1.82, 2.24) is 4.98 Å². The number of anilines is 1. The van der Waals surface area contributed by atoms with Gasteiger partial charge in [-0.3, -0.25) is 9.59 Å². The first-order valence-electron chi connectivity index (χ1n) is 8.66. The lowest BCUT2D eigenvalue weighted by molar-refractivity contribution is -0.137. The lowest BCUT2D eigenvalue weighted by Crippen LogP contribution is -2.25. The Bertz CT molecular complexity index is 1320. The Morgan fingerprint density at radius 3 is 2.55 bits per heavy atom. The van der Waals surface area contributed by atoms with Crippen molar-refractivity contribution in [3.05, 3.63) is 74.9 Å². The standard InChI is InChI=1S/C21H15F3N2O2S/c1-11-6-7-16-14(8-11)18-15(19(27)25-16)10-17(29-18)20(28)26(2)13-5-3-4-12(9-13)21(22,23)24/h3-10H,1-2H3,(H,25,27). The molecule has 0 saturated carbocycles. The predicted octanol–water partition coefficient (Wildman–Crippen LogP) is 5.35. The van der Waals surface area contributed by atoms with Gasteiger partial charge in [0.25, 0.3) is 11.5 Å². The van der Waals surface area contributed by atoms with Gasteiger partial charge in [0, 0.05) is 28.3 Å². The van der Waals surface area contributed by atoms with Gasteiger partial charge in [-0.1, -0.05) is 17.7 Å². The molecule has 2 aromatic carbocycles. The van der Waals surface area contributed by atoms with Crippen molar-refractivity contribution in [2.24, 2.45) is 0 Å². The van der Waals surface area contributed by atoms with Gasteiger partial charge in [-0.2, -0.15) is 13.2 Å². The van der Waals surface area contributed by atoms with E-state index in [1.54, 1.807) is 0 Å². The molecule has 29 heavy (non-hydrogen) atoms. The molecule has 0 fully saturated rings. The number of halogens is 3. The number of aromatic amines is 1. The highest BCUT2D eigenvalue weighted by Gasteiger charge is 2.31. The van der Waals surface area contributed by atoms with Crippen molar-refractivity contribution in [1.29, 1.82) is 0 Å². The van der Waals surface area contributed by atoms with Crippen molar-refractivity contribution in [2.45, 2.75) is 13.1 Å². The summed E-state index contributed by atoms with van der Waals surface area (Å²) in [5.74, 6) is -0.481. The van der Waals surface area contributed by atoms with Crippen molar-refractivity contribution in [2.75, 3.05) is 11.9 Å². The second-order valence-corrected chi connectivity index (χ2v) is 7.82. The highest BCUT2D eigenvalue weighted by atomic mass is 32.1. The number of carbonyl (C=O) groups is 1. The number of amides is 1. The average molecular weight is 416 g/mol. The van der Waals surface area contributed by atoms with Crippen LogP contribution in [0.3, 0.4) is 0 Å². The van der Waals surface area contributed by atoms with Gasteiger partial charge >= 0.3 is 6.18 Å². The maximum absolute atomic E-state index is 13.0. The van der Waals surface area contributed by atoms with Gasteiger partial charge in [-0.15, -0.1) is 11.3 Å². The maximum Gasteiger partial charge on any atom is 0.416 e. The van der Waals surface area contributed by atoms with E-state index in [1.807, 2.05) is 25.1 Å². The molecule has 0 radical (unpaired) electrons. The first-order valence-corrected chi connectivity index (χ1v) is 9.48. The number of thiophene rings is 1. The number of nitrogens with zero attached hydrogens (tertiary/aromatic N) is 1. The van der Waals surface area contributed by atoms with Gasteiger partial charge in [0.05, 0.1) is 15.8 Å². The fraction of sp³-hybridized carbons (Fsp3) is 0.143. The van der Waals surface area contributed by atoms with E-state index in [1.165, 1.54) is 25.2 Å². The molecule has 2 aromatic heterocycles. The molecule has 2 heterocycles. The normalized spacial score (nSPS) is 11.9. The second-order valence-electron chi connectivity index (χ2n) is 6.77. The molecule has 0 aliphatic heterocycles. The van der Waals surface area contributed by atoms with Crippen LogP contribution in [0.5, 0.6) is 0 Å². The summed E-state index contributed by atoms with van der Waals surface area (Å²) in [5, 5.41) is 1.21. The summed E-state index contributed by atoms with van der Waals surface area (Å²) in [6, 6.07) is 11.7. The molecule has 0 atom stereocenters. The van der Waals surface area contributed by atoms with Gasteiger partial charge in [0.1, 0.15) is 0 Å². The summed E-state index contributed by atoms with van der Waals surface area (Å²) < 4.78 is 39.6. The van der Waals surface area contributed by atoms with E-state index < -0.39 is 17.6 Å². The number of rotatable bonds is 2. The van der Waals surface area contributed by atoms with Gasteiger partial charge in [0.15, 0.2) is 0 Å². The molecule has 0 spiro atoms. The molecule has 8 heteroatoms. The molecule has 4 aromatic rings. The molecule has 1 N–H and O–H groups in total. The summed E-state index contributed by atoms with van der Waals surface area (Å²) in [5.41, 5.74) is 0.655. The third-order valence-corrected chi connectivity index (χ3v) is 5.88. The van der Waals surface area contributed by atoms with Crippen LogP contribution in [-0.2, 0) is 6.18 Å². The smallest absolute Gasteiger partial charge is 0.321 e. The molecule has 0 aliphatic rings. The fourth-order valence-electron chi connectivity index (χ4n) is 3.18. The Morgan fingerprint density at radius 1 is 1.07 bits per heavy atom. The van der Waals surface area contributed by atoms with Gasteiger partial charge in [-0.25, -0.2) is 0 Å². The quantitative estimate of drug-likeness (QED) is 0.479. The number of nitrogens with one attached hydrogen (secondary N) is 1. The van der Waals surface area contributed by atoms with Crippen LogP contribution in [-0.4, -0.2) is 17.9 Å². The van der Waals surface area contributed by atoms with E-state index in [-0.39, 0.29) is 16.1 Å². The molecular formula is C21H15F3N2O2S. The van der Waals surface area contributed by atoms with Crippen LogP contribution >= 0.6 is 11.3 Å². The minimum absolute atomic E-state index is 0.122. The van der Waals surface area contributed by atoms with Crippen molar-refractivity contribution in [3.63, 3.8) is 0 Å². The molecule has 0 saturated heterocycles. The lowest BCUT2D eigenvalue weighted by atomic mass is 10.1. The minimum Gasteiger partial charge on any atom is -0.321 e. The van der Waals surface area contributed by atoms with E-state index >= 15 is 0 Å². The number of hydrogen-bond acceptors (Lipinski definition) is 3. The summed E-state index contributed by atoms with van der Waals surface area (Å²) >= 11 is 1.16. The van der Waals surface area contributed by atoms with Gasteiger partial charge in [0.2, 0.25) is 0 Å². The number of aromatic nitrogens is 1. The third kappa shape index (κ3) is 3.40. The number of carbonyl (C=O) groups excluding carboxylic acids is 1. The molecule has 4 rings (SSSR count). The lowest BCUT2D eigenvalue weighted by Gasteiger charge is -2.18. The zero-order valence-corrected chi connectivity index (χ0v) is 16.2. The van der Waals surface area contributed by atoms with Crippen LogP contribution < -0.4 is 10.5 Å². The van der Waals surface area contributed by atoms with Crippen LogP contribution in [0.1, 0.15) is 20.8 Å². The highest BCUT2D eigenvalue weighted by molar-refractivity contribution is 7.21. The number of H-pyrrole nitrogens is 1. The Kier molecular flexibility index (Phi) is 4.46. The van der Waals surface area contributed by atoms with Crippen molar-refractivity contribution >= 4 is 43.9 Å². The molecular weight excluding hydrogens is 401 g/mol. The largest absolute Gasteiger partial charge is 0.416 e. The van der Waals surface area contributed by atoms with Crippen LogP contribution in [0.4, 0.5) is 18.9 Å². The summed E-state index contributed by atoms with van der Waals surface area (Å²) in [7, 11) is 1.41. The SMILES string of the molecule is Cc1ccc2[nH]c(=O)c3cc(C(=O)N(C)c4cccc(C(F)(F)F)c4)sc3c2c1. The Balaban J connectivity index is 1.79. The van der Waals surface area contributed by atoms with Crippen LogP contribution in [0.15, 0.2) is 53.3 Å². The maximum atomic E-state index is 13.0. The highest BCUT2D eigenvalue weighted by Crippen LogP contribution is 2.34. The van der Waals surface area contributed by atoms with Crippen LogP contribution in [0, 0.1) is 6.92 Å². The number of benzene rings is 2. The molecule has 0 bridgehead atoms. The monoisotopic (exact) mass is 416 g/mol. The summed E-state index contributed by atoms with van der Waals surface area (Å²) in [6.45, 7) is 1.93. The Labute approximate surface area is 167 Å². The second kappa shape index (κ2) is 6.73. The minimum atomic E-state index is -4.50. The first-order chi connectivity index (χ1) is 13.6. The van der Waals surface area contributed by atoms with Crippen molar-refractivity contribution < 1.29 is 18.0 Å². The van der Waals surface area contributed by atoms with Crippen LogP contribution in [0.25, 0.3) is 21.0 Å². The number of pyridine rings is 1. The van der Waals surface area contributed by atoms with Crippen LogP contribution in [0.2, 0.25) is 0 Å². The van der Waals surface area contributed by atoms with Gasteiger partial charge < -0.3 is 9.88 Å². The number of hydrogen-bond donors (Lipinski definition) is 1. The fourth-order valence-corrected chi connectivity index (χ4v) is 4.34. The van der Waals surface area contributed by atoms with E-state index in [4.69, 9.17) is 0 Å². The van der Waals surface area contributed by atoms with E-state index in [9.17, 15) is 22.8 Å². The predicted molar refractivity (Wildman–Crippen MR) is 109 cm³/mol. The number of aryl methyl sites for hydroxylation is 1. The number of alkyl halides is 3. The first kappa shape index (κ1) is 19.2. The molecule has 1 amide bonds. The average Bonchev–Trinajstić information content (AvgIpc) is 3.13. The molecule has 0 unspecified atom stereocenters. The zero-order valence-electron chi connectivity index (χ0n) is 15.4. The third-order valence-electron chi connectivity index (χ3n) is 4.72. The van der Waals surface area contributed by atoms with Gasteiger partial charge in [-0.05, 0) is 43.3 Å². The Morgan fingerprint density at radius 2 is 1.83 bits per heavy atom. The molecule has 4 nitrogen and oxygen atoms in total. The van der Waals surface area contributed by atoms with Crippen molar-refractivity contribution in [3.8, 4) is 0 Å². The summed E-state index contributed by atoms with van der Waals surface area (Å²) in [6.07, 6.45) is -4.50. The Hall–Kier alpha value is -3.13. The zero-order chi connectivity index (χ0) is 20.9. The molecule has 148 valence electrons. The van der Waals surface area contributed by atoms with E-state index in [2.05, 4.69) is 4.98 Å². The number of fused-ring (bicyclic) bond motifs is 3.